The predicted octanol–water partition coefficient (Wildman–Crippen LogP) is 0.0861. The third kappa shape index (κ3) is 2.85. The Hall–Kier alpha value is -0.920. The Kier molecular flexibility index (Phi) is 4.29. The first-order chi connectivity index (χ1) is 7.83. The van der Waals surface area contributed by atoms with Crippen molar-refractivity contribution in [2.75, 3.05) is 6.61 Å². The molecule has 98 valence electrons. The van der Waals surface area contributed by atoms with Gasteiger partial charge in [-0.25, -0.2) is 13.1 Å². The molecule has 0 spiro atoms. The Morgan fingerprint density at radius 3 is 2.41 bits per heavy atom. The zero-order valence-corrected chi connectivity index (χ0v) is 11.4. The molecular weight excluding hydrogens is 242 g/mol. The number of sulfonamides is 1. The molecule has 0 bridgehead atoms. The van der Waals surface area contributed by atoms with Crippen LogP contribution in [0.2, 0.25) is 0 Å². The van der Waals surface area contributed by atoms with Crippen molar-refractivity contribution in [1.29, 1.82) is 0 Å². The monoisotopic (exact) mass is 261 g/mol. The lowest BCUT2D eigenvalue weighted by molar-refractivity contribution is 0.254. The minimum atomic E-state index is -3.62. The van der Waals surface area contributed by atoms with Crippen molar-refractivity contribution in [2.24, 2.45) is 7.05 Å². The summed E-state index contributed by atoms with van der Waals surface area (Å²) in [6.07, 6.45) is 0.536. The molecule has 0 saturated carbocycles. The molecule has 0 saturated heterocycles. The van der Waals surface area contributed by atoms with Crippen LogP contribution in [-0.2, 0) is 17.1 Å². The minimum Gasteiger partial charge on any atom is -0.395 e. The highest BCUT2D eigenvalue weighted by molar-refractivity contribution is 7.89. The minimum absolute atomic E-state index is 0.201. The highest BCUT2D eigenvalue weighted by Crippen LogP contribution is 2.18. The molecule has 0 aliphatic heterocycles. The SMILES string of the molecule is CC[C@@H](CO)NS(=O)(=O)c1c(C)nn(C)c1C. The van der Waals surface area contributed by atoms with Gasteiger partial charge in [0.2, 0.25) is 10.0 Å². The summed E-state index contributed by atoms with van der Waals surface area (Å²) >= 11 is 0. The largest absolute Gasteiger partial charge is 0.395 e. The highest BCUT2D eigenvalue weighted by Gasteiger charge is 2.25. The van der Waals surface area contributed by atoms with Crippen LogP contribution in [0.5, 0.6) is 0 Å². The van der Waals surface area contributed by atoms with Crippen molar-refractivity contribution in [3.63, 3.8) is 0 Å². The number of aromatic nitrogens is 2. The van der Waals surface area contributed by atoms with Crippen LogP contribution in [0.4, 0.5) is 0 Å². The molecule has 0 unspecified atom stereocenters. The van der Waals surface area contributed by atoms with Gasteiger partial charge in [0.05, 0.1) is 18.0 Å². The number of aliphatic hydroxyl groups is 1. The van der Waals surface area contributed by atoms with Gasteiger partial charge < -0.3 is 5.11 Å². The van der Waals surface area contributed by atoms with Gasteiger partial charge in [0.15, 0.2) is 0 Å². The standard InChI is InChI=1S/C10H19N3O3S/c1-5-9(6-14)12-17(15,16)10-7(2)11-13(4)8(10)3/h9,12,14H,5-6H2,1-4H3/t9-/m0/s1. The Balaban J connectivity index is 3.13. The van der Waals surface area contributed by atoms with Crippen LogP contribution in [0.15, 0.2) is 4.90 Å². The van der Waals surface area contributed by atoms with Crippen molar-refractivity contribution in [3.05, 3.63) is 11.4 Å². The second-order valence-electron chi connectivity index (χ2n) is 4.03. The van der Waals surface area contributed by atoms with E-state index >= 15 is 0 Å². The first kappa shape index (κ1) is 14.1. The predicted molar refractivity (Wildman–Crippen MR) is 64.2 cm³/mol. The molecule has 1 rings (SSSR count). The average Bonchev–Trinajstić information content (AvgIpc) is 2.50. The third-order valence-corrected chi connectivity index (χ3v) is 4.52. The molecule has 1 aromatic rings. The second-order valence-corrected chi connectivity index (χ2v) is 5.68. The number of nitrogens with zero attached hydrogens (tertiary/aromatic N) is 2. The second kappa shape index (κ2) is 5.16. The van der Waals surface area contributed by atoms with Gasteiger partial charge in [0.1, 0.15) is 4.90 Å². The van der Waals surface area contributed by atoms with E-state index in [0.29, 0.717) is 17.8 Å². The van der Waals surface area contributed by atoms with E-state index in [1.165, 1.54) is 4.68 Å². The molecule has 17 heavy (non-hydrogen) atoms. The van der Waals surface area contributed by atoms with Gasteiger partial charge in [0, 0.05) is 13.1 Å². The first-order valence-corrected chi connectivity index (χ1v) is 6.95. The van der Waals surface area contributed by atoms with Crippen LogP contribution >= 0.6 is 0 Å². The van der Waals surface area contributed by atoms with Crippen LogP contribution in [0.3, 0.4) is 0 Å². The summed E-state index contributed by atoms with van der Waals surface area (Å²) in [4.78, 5) is 0.201. The summed E-state index contributed by atoms with van der Waals surface area (Å²) in [6, 6.07) is -0.459. The molecule has 2 N–H and O–H groups in total. The maximum absolute atomic E-state index is 12.1. The fraction of sp³-hybridized carbons (Fsp3) is 0.700. The summed E-state index contributed by atoms with van der Waals surface area (Å²) in [5, 5.41) is 13.1. The smallest absolute Gasteiger partial charge is 0.244 e. The molecule has 1 aromatic heterocycles. The fourth-order valence-electron chi connectivity index (χ4n) is 1.67. The van der Waals surface area contributed by atoms with Crippen molar-refractivity contribution in [1.82, 2.24) is 14.5 Å². The molecule has 6 nitrogen and oxygen atoms in total. The van der Waals surface area contributed by atoms with E-state index in [0.717, 1.165) is 0 Å². The number of aryl methyl sites for hydroxylation is 2. The van der Waals surface area contributed by atoms with Crippen LogP contribution in [0.1, 0.15) is 24.7 Å². The number of nitrogens with one attached hydrogen (secondary N) is 1. The highest BCUT2D eigenvalue weighted by atomic mass is 32.2. The fourth-order valence-corrected chi connectivity index (χ4v) is 3.42. The molecular formula is C10H19N3O3S. The zero-order chi connectivity index (χ0) is 13.2. The van der Waals surface area contributed by atoms with E-state index < -0.39 is 16.1 Å². The molecule has 7 heteroatoms. The Bertz CT molecular complexity index is 489. The topological polar surface area (TPSA) is 84.2 Å². The van der Waals surface area contributed by atoms with E-state index in [1.54, 1.807) is 20.9 Å². The third-order valence-electron chi connectivity index (χ3n) is 2.75. The normalized spacial score (nSPS) is 13.9. The summed E-state index contributed by atoms with van der Waals surface area (Å²) in [5.41, 5.74) is 1.05. The van der Waals surface area contributed by atoms with E-state index in [1.807, 2.05) is 6.92 Å². The van der Waals surface area contributed by atoms with E-state index in [9.17, 15) is 8.42 Å². The Morgan fingerprint density at radius 2 is 2.06 bits per heavy atom. The molecule has 0 aromatic carbocycles. The van der Waals surface area contributed by atoms with Crippen molar-refractivity contribution in [2.45, 2.75) is 38.1 Å². The molecule has 1 atom stereocenters. The van der Waals surface area contributed by atoms with Gasteiger partial charge in [-0.1, -0.05) is 6.92 Å². The van der Waals surface area contributed by atoms with Crippen molar-refractivity contribution in [3.8, 4) is 0 Å². The van der Waals surface area contributed by atoms with E-state index in [-0.39, 0.29) is 11.5 Å². The maximum Gasteiger partial charge on any atom is 0.244 e. The molecule has 0 amide bonds. The maximum atomic E-state index is 12.1. The van der Waals surface area contributed by atoms with Crippen LogP contribution in [-0.4, -0.2) is 36.0 Å². The van der Waals surface area contributed by atoms with E-state index in [4.69, 9.17) is 5.11 Å². The van der Waals surface area contributed by atoms with Crippen LogP contribution in [0.25, 0.3) is 0 Å². The van der Waals surface area contributed by atoms with Gasteiger partial charge in [-0.05, 0) is 20.3 Å². The summed E-state index contributed by atoms with van der Waals surface area (Å²) in [5.74, 6) is 0. The Morgan fingerprint density at radius 1 is 1.47 bits per heavy atom. The van der Waals surface area contributed by atoms with Gasteiger partial charge in [0.25, 0.3) is 0 Å². The van der Waals surface area contributed by atoms with Gasteiger partial charge in [-0.2, -0.15) is 5.10 Å². The lowest BCUT2D eigenvalue weighted by Crippen LogP contribution is -2.37. The van der Waals surface area contributed by atoms with E-state index in [2.05, 4.69) is 9.82 Å². The lowest BCUT2D eigenvalue weighted by Gasteiger charge is -2.14. The number of hydrogen-bond donors (Lipinski definition) is 2. The zero-order valence-electron chi connectivity index (χ0n) is 10.6. The molecule has 0 fully saturated rings. The van der Waals surface area contributed by atoms with Gasteiger partial charge >= 0.3 is 0 Å². The molecule has 0 aliphatic rings. The van der Waals surface area contributed by atoms with Crippen molar-refractivity contribution >= 4 is 10.0 Å². The van der Waals surface area contributed by atoms with Crippen LogP contribution in [0, 0.1) is 13.8 Å². The van der Waals surface area contributed by atoms with Crippen molar-refractivity contribution < 1.29 is 13.5 Å². The Labute approximate surface area is 102 Å². The quantitative estimate of drug-likeness (QED) is 0.786. The lowest BCUT2D eigenvalue weighted by atomic mass is 10.3. The molecule has 0 radical (unpaired) electrons. The van der Waals surface area contributed by atoms with Gasteiger partial charge in [-0.15, -0.1) is 0 Å². The first-order valence-electron chi connectivity index (χ1n) is 5.46. The summed E-state index contributed by atoms with van der Waals surface area (Å²) in [7, 11) is -1.92. The summed E-state index contributed by atoms with van der Waals surface area (Å²) < 4.78 is 28.3. The summed E-state index contributed by atoms with van der Waals surface area (Å²) in [6.45, 7) is 4.95. The van der Waals surface area contributed by atoms with Gasteiger partial charge in [-0.3, -0.25) is 4.68 Å². The average molecular weight is 261 g/mol. The van der Waals surface area contributed by atoms with Crippen LogP contribution < -0.4 is 4.72 Å². The number of hydrogen-bond acceptors (Lipinski definition) is 4. The molecule has 1 heterocycles. The number of rotatable bonds is 5. The molecule has 0 aliphatic carbocycles. The number of aliphatic hydroxyl groups excluding tert-OH is 1.